The highest BCUT2D eigenvalue weighted by Crippen LogP contribution is 2.08. The number of carbonyl (C=O) groups is 1. The zero-order chi connectivity index (χ0) is 13.6. The molecule has 0 radical (unpaired) electrons. The van der Waals surface area contributed by atoms with Crippen LogP contribution < -0.4 is 11.1 Å². The van der Waals surface area contributed by atoms with Gasteiger partial charge in [0.2, 0.25) is 5.91 Å². The Morgan fingerprint density at radius 1 is 1.32 bits per heavy atom. The van der Waals surface area contributed by atoms with Gasteiger partial charge in [0, 0.05) is 12.3 Å². The van der Waals surface area contributed by atoms with Crippen LogP contribution in [0.3, 0.4) is 0 Å². The van der Waals surface area contributed by atoms with E-state index in [1.807, 2.05) is 6.07 Å². The van der Waals surface area contributed by atoms with Gasteiger partial charge in [0.05, 0.1) is 5.75 Å². The van der Waals surface area contributed by atoms with Gasteiger partial charge in [-0.2, -0.15) is 0 Å². The fraction of sp³-hybridized carbons (Fsp3) is 0.417. The van der Waals surface area contributed by atoms with Crippen molar-refractivity contribution in [1.82, 2.24) is 5.32 Å². The number of sulfone groups is 1. The molecule has 0 bridgehead atoms. The molecule has 0 fully saturated rings. The Balaban J connectivity index is 0.00000324. The predicted molar refractivity (Wildman–Crippen MR) is 78.0 cm³/mol. The summed E-state index contributed by atoms with van der Waals surface area (Å²) in [6.45, 7) is 1.67. The number of rotatable bonds is 6. The summed E-state index contributed by atoms with van der Waals surface area (Å²) in [5, 5.41) is 2.53. The summed E-state index contributed by atoms with van der Waals surface area (Å²) in [4.78, 5) is 11.7. The smallest absolute Gasteiger partial charge is 0.241 e. The zero-order valence-corrected chi connectivity index (χ0v) is 12.3. The molecule has 0 saturated heterocycles. The average molecular weight is 307 g/mol. The van der Waals surface area contributed by atoms with Crippen LogP contribution in [-0.2, 0) is 14.6 Å². The van der Waals surface area contributed by atoms with Crippen LogP contribution in [0.5, 0.6) is 0 Å². The lowest BCUT2D eigenvalue weighted by Crippen LogP contribution is -2.36. The fourth-order valence-corrected chi connectivity index (χ4v) is 2.10. The van der Waals surface area contributed by atoms with Crippen LogP contribution in [0.15, 0.2) is 30.3 Å². The predicted octanol–water partition coefficient (Wildman–Crippen LogP) is 0.659. The zero-order valence-electron chi connectivity index (χ0n) is 10.7. The fourth-order valence-electron chi connectivity index (χ4n) is 1.40. The summed E-state index contributed by atoms with van der Waals surface area (Å²) in [7, 11) is -3.06. The minimum atomic E-state index is -3.06. The summed E-state index contributed by atoms with van der Waals surface area (Å²) in [5.74, 6) is -0.350. The molecule has 0 spiro atoms. The Bertz CT molecular complexity index is 491. The summed E-state index contributed by atoms with van der Waals surface area (Å²) in [5.41, 5.74) is 6.46. The van der Waals surface area contributed by atoms with Gasteiger partial charge in [0.1, 0.15) is 6.04 Å². The number of nitrogens with two attached hydrogens (primary N) is 1. The molecule has 0 aliphatic carbocycles. The Hall–Kier alpha value is -1.11. The standard InChI is InChI=1S/C12H18N2O3S.ClH/c1-2-18(16,17)9-8-14-12(15)11(13)10-6-4-3-5-7-10;/h3-7,11H,2,8-9,13H2,1H3,(H,14,15);1H. The van der Waals surface area contributed by atoms with Gasteiger partial charge in [-0.3, -0.25) is 4.79 Å². The first-order chi connectivity index (χ1) is 8.46. The summed E-state index contributed by atoms with van der Waals surface area (Å²) in [6, 6.07) is 8.17. The molecule has 0 saturated carbocycles. The Labute approximate surface area is 119 Å². The molecule has 7 heteroatoms. The van der Waals surface area contributed by atoms with Gasteiger partial charge in [-0.15, -0.1) is 12.4 Å². The molecule has 19 heavy (non-hydrogen) atoms. The Morgan fingerprint density at radius 3 is 2.42 bits per heavy atom. The van der Waals surface area contributed by atoms with E-state index in [2.05, 4.69) is 5.32 Å². The summed E-state index contributed by atoms with van der Waals surface area (Å²) >= 11 is 0. The summed E-state index contributed by atoms with van der Waals surface area (Å²) < 4.78 is 22.5. The second kappa shape index (κ2) is 8.14. The normalized spacial score (nSPS) is 12.3. The van der Waals surface area contributed by atoms with Crippen LogP contribution in [0.2, 0.25) is 0 Å². The molecule has 1 rings (SSSR count). The van der Waals surface area contributed by atoms with Crippen molar-refractivity contribution in [3.63, 3.8) is 0 Å². The van der Waals surface area contributed by atoms with Gasteiger partial charge < -0.3 is 11.1 Å². The first-order valence-electron chi connectivity index (χ1n) is 5.75. The average Bonchev–Trinajstić information content (AvgIpc) is 2.38. The molecule has 1 aromatic carbocycles. The van der Waals surface area contributed by atoms with Crippen molar-refractivity contribution in [2.24, 2.45) is 5.73 Å². The van der Waals surface area contributed by atoms with E-state index in [9.17, 15) is 13.2 Å². The number of nitrogens with one attached hydrogen (secondary N) is 1. The maximum atomic E-state index is 11.7. The molecule has 1 aromatic rings. The third-order valence-corrected chi connectivity index (χ3v) is 4.30. The van der Waals surface area contributed by atoms with Crippen molar-refractivity contribution in [3.05, 3.63) is 35.9 Å². The van der Waals surface area contributed by atoms with Gasteiger partial charge in [-0.25, -0.2) is 8.42 Å². The Morgan fingerprint density at radius 2 is 1.89 bits per heavy atom. The monoisotopic (exact) mass is 306 g/mol. The molecule has 0 aliphatic heterocycles. The molecule has 3 N–H and O–H groups in total. The van der Waals surface area contributed by atoms with E-state index in [1.54, 1.807) is 31.2 Å². The molecular formula is C12H19ClN2O3S. The SMILES string of the molecule is CCS(=O)(=O)CCNC(=O)C(N)c1ccccc1.Cl. The number of hydrogen-bond acceptors (Lipinski definition) is 4. The lowest BCUT2D eigenvalue weighted by Gasteiger charge is -2.12. The Kier molecular flexibility index (Phi) is 7.66. The van der Waals surface area contributed by atoms with Gasteiger partial charge in [0.15, 0.2) is 9.84 Å². The van der Waals surface area contributed by atoms with E-state index in [4.69, 9.17) is 5.73 Å². The maximum absolute atomic E-state index is 11.7. The lowest BCUT2D eigenvalue weighted by atomic mass is 10.1. The lowest BCUT2D eigenvalue weighted by molar-refractivity contribution is -0.122. The second-order valence-electron chi connectivity index (χ2n) is 3.92. The number of amides is 1. The number of hydrogen-bond donors (Lipinski definition) is 2. The van der Waals surface area contributed by atoms with E-state index in [-0.39, 0.29) is 36.4 Å². The molecule has 1 atom stereocenters. The maximum Gasteiger partial charge on any atom is 0.241 e. The number of benzene rings is 1. The van der Waals surface area contributed by atoms with Gasteiger partial charge >= 0.3 is 0 Å². The molecular weight excluding hydrogens is 288 g/mol. The minimum absolute atomic E-state index is 0. The van der Waals surface area contributed by atoms with Gasteiger partial charge in [-0.1, -0.05) is 37.3 Å². The third kappa shape index (κ3) is 6.04. The van der Waals surface area contributed by atoms with Crippen molar-refractivity contribution >= 4 is 28.2 Å². The largest absolute Gasteiger partial charge is 0.353 e. The highest BCUT2D eigenvalue weighted by molar-refractivity contribution is 7.91. The first kappa shape index (κ1) is 17.9. The van der Waals surface area contributed by atoms with E-state index >= 15 is 0 Å². The highest BCUT2D eigenvalue weighted by Gasteiger charge is 2.15. The minimum Gasteiger partial charge on any atom is -0.353 e. The van der Waals surface area contributed by atoms with Crippen LogP contribution in [0.25, 0.3) is 0 Å². The van der Waals surface area contributed by atoms with Crippen molar-refractivity contribution < 1.29 is 13.2 Å². The molecule has 0 heterocycles. The topological polar surface area (TPSA) is 89.3 Å². The van der Waals surface area contributed by atoms with Crippen LogP contribution in [-0.4, -0.2) is 32.4 Å². The van der Waals surface area contributed by atoms with E-state index in [0.717, 1.165) is 0 Å². The quantitative estimate of drug-likeness (QED) is 0.808. The van der Waals surface area contributed by atoms with E-state index in [0.29, 0.717) is 5.56 Å². The molecule has 108 valence electrons. The van der Waals surface area contributed by atoms with Crippen molar-refractivity contribution in [2.45, 2.75) is 13.0 Å². The number of halogens is 1. The van der Waals surface area contributed by atoms with Crippen molar-refractivity contribution in [1.29, 1.82) is 0 Å². The van der Waals surface area contributed by atoms with E-state index < -0.39 is 15.9 Å². The summed E-state index contributed by atoms with van der Waals surface area (Å²) in [6.07, 6.45) is 0. The molecule has 0 aliphatic rings. The molecule has 5 nitrogen and oxygen atoms in total. The highest BCUT2D eigenvalue weighted by atomic mass is 35.5. The van der Waals surface area contributed by atoms with Crippen molar-refractivity contribution in [3.8, 4) is 0 Å². The van der Waals surface area contributed by atoms with Crippen LogP contribution in [0.4, 0.5) is 0 Å². The third-order valence-electron chi connectivity index (χ3n) is 2.59. The van der Waals surface area contributed by atoms with Crippen LogP contribution in [0.1, 0.15) is 18.5 Å². The molecule has 1 amide bonds. The first-order valence-corrected chi connectivity index (χ1v) is 7.57. The number of carbonyl (C=O) groups excluding carboxylic acids is 1. The van der Waals surface area contributed by atoms with Crippen LogP contribution >= 0.6 is 12.4 Å². The van der Waals surface area contributed by atoms with Crippen molar-refractivity contribution in [2.75, 3.05) is 18.1 Å². The van der Waals surface area contributed by atoms with Gasteiger partial charge in [-0.05, 0) is 5.56 Å². The second-order valence-corrected chi connectivity index (χ2v) is 6.39. The van der Waals surface area contributed by atoms with Crippen LogP contribution in [0, 0.1) is 0 Å². The van der Waals surface area contributed by atoms with Gasteiger partial charge in [0.25, 0.3) is 0 Å². The van der Waals surface area contributed by atoms with E-state index in [1.165, 1.54) is 0 Å². The molecule has 0 aromatic heterocycles. The molecule has 1 unspecified atom stereocenters.